The Hall–Kier alpha value is -0.470. The van der Waals surface area contributed by atoms with Crippen molar-refractivity contribution in [3.05, 3.63) is 35.4 Å². The molecule has 1 aromatic rings. The number of rotatable bonds is 2. The molecule has 1 aromatic carbocycles. The van der Waals surface area contributed by atoms with Gasteiger partial charge in [-0.05, 0) is 18.7 Å². The molecule has 0 saturated carbocycles. The van der Waals surface area contributed by atoms with Crippen molar-refractivity contribution in [3.8, 4) is 0 Å². The van der Waals surface area contributed by atoms with Gasteiger partial charge in [0.25, 0.3) is 0 Å². The maximum absolute atomic E-state index is 11.2. The highest BCUT2D eigenvalue weighted by atomic mass is 35.5. The van der Waals surface area contributed by atoms with E-state index in [0.29, 0.717) is 0 Å². The van der Waals surface area contributed by atoms with Crippen molar-refractivity contribution in [1.82, 2.24) is 0 Å². The molecule has 0 aliphatic heterocycles. The Morgan fingerprint density at radius 2 is 1.92 bits per heavy atom. The summed E-state index contributed by atoms with van der Waals surface area (Å²) in [7, 11) is 0. The molecule has 0 spiro atoms. The van der Waals surface area contributed by atoms with Gasteiger partial charge in [-0.1, -0.05) is 36.0 Å². The molecular weight excluding hydrogens is 204 g/mol. The normalized spacial score (nSPS) is 12.5. The summed E-state index contributed by atoms with van der Waals surface area (Å²) in [5.74, 6) is 0. The van der Waals surface area contributed by atoms with Crippen LogP contribution in [0.4, 0.5) is 0 Å². The summed E-state index contributed by atoms with van der Waals surface area (Å²) in [6.45, 7) is 1.91. The first-order valence-electron chi connectivity index (χ1n) is 3.97. The number of benzene rings is 1. The molecule has 1 atom stereocenters. The predicted molar refractivity (Wildman–Crippen MR) is 58.6 cm³/mol. The molecule has 0 amide bonds. The smallest absolute Gasteiger partial charge is 0.219 e. The standard InChI is InChI=1S/C10H11ClOS/c1-7(11)8-3-5-9(6-4-8)10(12)13-2/h3-7H,1-2H3. The molecule has 0 saturated heterocycles. The average molecular weight is 215 g/mol. The lowest BCUT2D eigenvalue weighted by atomic mass is 10.1. The van der Waals surface area contributed by atoms with Crippen LogP contribution in [-0.4, -0.2) is 11.4 Å². The highest BCUT2D eigenvalue weighted by Gasteiger charge is 2.05. The molecule has 70 valence electrons. The second-order valence-electron chi connectivity index (χ2n) is 2.73. The van der Waals surface area contributed by atoms with Crippen LogP contribution in [0.2, 0.25) is 0 Å². The SMILES string of the molecule is CSC(=O)c1ccc(C(C)Cl)cc1. The molecule has 0 N–H and O–H groups in total. The van der Waals surface area contributed by atoms with Crippen molar-refractivity contribution in [2.24, 2.45) is 0 Å². The van der Waals surface area contributed by atoms with Gasteiger partial charge in [0.1, 0.15) is 0 Å². The molecule has 1 unspecified atom stereocenters. The van der Waals surface area contributed by atoms with Gasteiger partial charge in [0, 0.05) is 5.56 Å². The van der Waals surface area contributed by atoms with E-state index in [-0.39, 0.29) is 10.5 Å². The summed E-state index contributed by atoms with van der Waals surface area (Å²) < 4.78 is 0. The molecule has 13 heavy (non-hydrogen) atoms. The van der Waals surface area contributed by atoms with Crippen LogP contribution >= 0.6 is 23.4 Å². The Balaban J connectivity index is 2.87. The van der Waals surface area contributed by atoms with Crippen LogP contribution in [0.5, 0.6) is 0 Å². The first-order valence-corrected chi connectivity index (χ1v) is 5.63. The van der Waals surface area contributed by atoms with Gasteiger partial charge in [-0.25, -0.2) is 0 Å². The molecule has 0 radical (unpaired) electrons. The molecule has 0 aliphatic rings. The van der Waals surface area contributed by atoms with Gasteiger partial charge in [0.2, 0.25) is 5.12 Å². The predicted octanol–water partition coefficient (Wildman–Crippen LogP) is 3.49. The molecule has 0 bridgehead atoms. The quantitative estimate of drug-likeness (QED) is 0.702. The zero-order valence-corrected chi connectivity index (χ0v) is 9.15. The maximum Gasteiger partial charge on any atom is 0.219 e. The summed E-state index contributed by atoms with van der Waals surface area (Å²) in [5, 5.41) is 0.0900. The van der Waals surface area contributed by atoms with E-state index in [1.54, 1.807) is 6.26 Å². The molecule has 0 aromatic heterocycles. The van der Waals surface area contributed by atoms with Gasteiger partial charge in [-0.2, -0.15) is 0 Å². The number of carbonyl (C=O) groups excluding carboxylic acids is 1. The van der Waals surface area contributed by atoms with E-state index < -0.39 is 0 Å². The summed E-state index contributed by atoms with van der Waals surface area (Å²) in [5.41, 5.74) is 1.77. The van der Waals surface area contributed by atoms with Crippen LogP contribution < -0.4 is 0 Å². The van der Waals surface area contributed by atoms with Crippen LogP contribution in [0.3, 0.4) is 0 Å². The lowest BCUT2D eigenvalue weighted by Crippen LogP contribution is -1.92. The molecule has 0 fully saturated rings. The Kier molecular flexibility index (Phi) is 3.82. The fourth-order valence-corrected chi connectivity index (χ4v) is 1.52. The molecule has 1 rings (SSSR count). The summed E-state index contributed by atoms with van der Waals surface area (Å²) in [6, 6.07) is 7.41. The summed E-state index contributed by atoms with van der Waals surface area (Å²) >= 11 is 7.10. The van der Waals surface area contributed by atoms with Crippen molar-refractivity contribution < 1.29 is 4.79 Å². The van der Waals surface area contributed by atoms with Gasteiger partial charge in [0.05, 0.1) is 5.38 Å². The molecule has 1 nitrogen and oxygen atoms in total. The number of halogens is 1. The first kappa shape index (κ1) is 10.6. The highest BCUT2D eigenvalue weighted by Crippen LogP contribution is 2.20. The fraction of sp³-hybridized carbons (Fsp3) is 0.300. The Morgan fingerprint density at radius 1 is 1.38 bits per heavy atom. The van der Waals surface area contributed by atoms with E-state index in [2.05, 4.69) is 0 Å². The summed E-state index contributed by atoms with van der Waals surface area (Å²) in [6.07, 6.45) is 1.78. The Bertz CT molecular complexity index is 292. The number of hydrogen-bond acceptors (Lipinski definition) is 2. The second kappa shape index (κ2) is 4.68. The van der Waals surface area contributed by atoms with Crippen LogP contribution in [0, 0.1) is 0 Å². The lowest BCUT2D eigenvalue weighted by Gasteiger charge is -2.03. The largest absolute Gasteiger partial charge is 0.282 e. The minimum absolute atomic E-state index is 0.00145. The van der Waals surface area contributed by atoms with Gasteiger partial charge >= 0.3 is 0 Å². The molecular formula is C10H11ClOS. The average Bonchev–Trinajstić information content (AvgIpc) is 2.17. The Labute approximate surface area is 87.5 Å². The van der Waals surface area contributed by atoms with E-state index in [1.165, 1.54) is 11.8 Å². The van der Waals surface area contributed by atoms with Gasteiger partial charge in [0.15, 0.2) is 0 Å². The van der Waals surface area contributed by atoms with E-state index >= 15 is 0 Å². The van der Waals surface area contributed by atoms with Crippen LogP contribution in [0.1, 0.15) is 28.2 Å². The lowest BCUT2D eigenvalue weighted by molar-refractivity contribution is 0.108. The number of hydrogen-bond donors (Lipinski definition) is 0. The van der Waals surface area contributed by atoms with Crippen molar-refractivity contribution in [1.29, 1.82) is 0 Å². The van der Waals surface area contributed by atoms with E-state index in [9.17, 15) is 4.79 Å². The van der Waals surface area contributed by atoms with Crippen LogP contribution in [0.15, 0.2) is 24.3 Å². The number of alkyl halides is 1. The van der Waals surface area contributed by atoms with E-state index in [0.717, 1.165) is 11.1 Å². The molecule has 3 heteroatoms. The Morgan fingerprint density at radius 3 is 2.31 bits per heavy atom. The van der Waals surface area contributed by atoms with Crippen molar-refractivity contribution in [2.45, 2.75) is 12.3 Å². The zero-order valence-electron chi connectivity index (χ0n) is 7.58. The third-order valence-electron chi connectivity index (χ3n) is 1.79. The van der Waals surface area contributed by atoms with Crippen LogP contribution in [0.25, 0.3) is 0 Å². The fourth-order valence-electron chi connectivity index (χ4n) is 1.00. The minimum atomic E-state index is -0.00145. The van der Waals surface area contributed by atoms with Crippen molar-refractivity contribution >= 4 is 28.5 Å². The third-order valence-corrected chi connectivity index (χ3v) is 2.65. The third kappa shape index (κ3) is 2.75. The molecule has 0 aliphatic carbocycles. The molecule has 0 heterocycles. The van der Waals surface area contributed by atoms with Gasteiger partial charge in [-0.15, -0.1) is 11.6 Å². The zero-order chi connectivity index (χ0) is 9.84. The number of thioether (sulfide) groups is 1. The van der Waals surface area contributed by atoms with Crippen molar-refractivity contribution in [3.63, 3.8) is 0 Å². The van der Waals surface area contributed by atoms with Gasteiger partial charge < -0.3 is 0 Å². The van der Waals surface area contributed by atoms with E-state index in [1.807, 2.05) is 31.2 Å². The van der Waals surface area contributed by atoms with Crippen molar-refractivity contribution in [2.75, 3.05) is 6.26 Å². The maximum atomic E-state index is 11.2. The second-order valence-corrected chi connectivity index (χ2v) is 4.16. The highest BCUT2D eigenvalue weighted by molar-refractivity contribution is 8.13. The minimum Gasteiger partial charge on any atom is -0.282 e. The van der Waals surface area contributed by atoms with Crippen LogP contribution in [-0.2, 0) is 0 Å². The monoisotopic (exact) mass is 214 g/mol. The topological polar surface area (TPSA) is 17.1 Å². The van der Waals surface area contributed by atoms with Gasteiger partial charge in [-0.3, -0.25) is 4.79 Å². The first-order chi connectivity index (χ1) is 6.15. The summed E-state index contributed by atoms with van der Waals surface area (Å²) in [4.78, 5) is 11.2. The number of carbonyl (C=O) groups is 1. The van der Waals surface area contributed by atoms with E-state index in [4.69, 9.17) is 11.6 Å².